The minimum absolute atomic E-state index is 0.0434. The molecule has 130 valence electrons. The Labute approximate surface area is 137 Å². The summed E-state index contributed by atoms with van der Waals surface area (Å²) in [5.74, 6) is -0.476. The molecule has 1 fully saturated rings. The molecule has 10 nitrogen and oxygen atoms in total. The molecule has 3 rings (SSSR count). The summed E-state index contributed by atoms with van der Waals surface area (Å²) in [5.41, 5.74) is 5.49. The number of hydrogen-bond acceptors (Lipinski definition) is 7. The molecule has 10 heteroatoms. The quantitative estimate of drug-likeness (QED) is 0.578. The van der Waals surface area contributed by atoms with Crippen LogP contribution < -0.4 is 16.6 Å². The van der Waals surface area contributed by atoms with Crippen LogP contribution in [0.15, 0.2) is 11.1 Å². The van der Waals surface area contributed by atoms with Crippen molar-refractivity contribution in [2.45, 2.75) is 38.7 Å². The van der Waals surface area contributed by atoms with E-state index < -0.39 is 24.0 Å². The Kier molecular flexibility index (Phi) is 4.35. The normalized spacial score (nSPS) is 24.0. The van der Waals surface area contributed by atoms with E-state index in [0.717, 1.165) is 0 Å². The molecule has 0 bridgehead atoms. The maximum Gasteiger partial charge on any atom is 0.280 e. The van der Waals surface area contributed by atoms with Crippen LogP contribution in [0.25, 0.3) is 11.2 Å². The predicted octanol–water partition coefficient (Wildman–Crippen LogP) is -0.679. The van der Waals surface area contributed by atoms with Crippen molar-refractivity contribution < 1.29 is 14.6 Å². The van der Waals surface area contributed by atoms with Crippen LogP contribution in [-0.2, 0) is 9.53 Å². The number of aromatic nitrogens is 4. The van der Waals surface area contributed by atoms with Crippen molar-refractivity contribution in [2.24, 2.45) is 11.7 Å². The van der Waals surface area contributed by atoms with Crippen LogP contribution in [0.1, 0.15) is 26.5 Å². The molecule has 0 aliphatic carbocycles. The molecule has 1 aliphatic rings. The van der Waals surface area contributed by atoms with E-state index in [-0.39, 0.29) is 35.5 Å². The molecule has 0 saturated carbocycles. The molecule has 1 amide bonds. The van der Waals surface area contributed by atoms with E-state index in [1.165, 1.54) is 6.33 Å². The number of aromatic amines is 1. The number of carbonyl (C=O) groups is 1. The third-order valence-corrected chi connectivity index (χ3v) is 3.95. The number of H-pyrrole nitrogens is 1. The first-order valence-electron chi connectivity index (χ1n) is 7.72. The Morgan fingerprint density at radius 3 is 3.00 bits per heavy atom. The van der Waals surface area contributed by atoms with E-state index in [0.29, 0.717) is 6.42 Å². The van der Waals surface area contributed by atoms with Crippen LogP contribution in [0.3, 0.4) is 0 Å². The predicted molar refractivity (Wildman–Crippen MR) is 85.2 cm³/mol. The van der Waals surface area contributed by atoms with Crippen molar-refractivity contribution in [2.75, 3.05) is 11.9 Å². The molecule has 1 aliphatic heterocycles. The first-order valence-corrected chi connectivity index (χ1v) is 7.72. The Hall–Kier alpha value is -2.30. The summed E-state index contributed by atoms with van der Waals surface area (Å²) in [6, 6.07) is 0. The van der Waals surface area contributed by atoms with E-state index in [9.17, 15) is 14.7 Å². The Bertz CT molecular complexity index is 813. The number of aliphatic hydroxyl groups is 1. The summed E-state index contributed by atoms with van der Waals surface area (Å²) >= 11 is 0. The number of aliphatic hydroxyl groups excluding tert-OH is 1. The fourth-order valence-electron chi connectivity index (χ4n) is 2.56. The van der Waals surface area contributed by atoms with Crippen LogP contribution in [0.5, 0.6) is 0 Å². The molecule has 0 aromatic carbocycles. The number of ether oxygens (including phenoxy) is 1. The van der Waals surface area contributed by atoms with E-state index in [2.05, 4.69) is 20.3 Å². The highest BCUT2D eigenvalue weighted by molar-refractivity contribution is 5.91. The van der Waals surface area contributed by atoms with Gasteiger partial charge in [-0.15, -0.1) is 0 Å². The van der Waals surface area contributed by atoms with Crippen LogP contribution in [0.2, 0.25) is 0 Å². The summed E-state index contributed by atoms with van der Waals surface area (Å²) in [5, 5.41) is 12.5. The van der Waals surface area contributed by atoms with Crippen molar-refractivity contribution >= 4 is 23.0 Å². The van der Waals surface area contributed by atoms with E-state index in [1.807, 2.05) is 0 Å². The molecule has 1 unspecified atom stereocenters. The van der Waals surface area contributed by atoms with E-state index in [1.54, 1.807) is 18.4 Å². The van der Waals surface area contributed by atoms with Gasteiger partial charge >= 0.3 is 0 Å². The van der Waals surface area contributed by atoms with Crippen LogP contribution in [0, 0.1) is 5.92 Å². The van der Waals surface area contributed by atoms with Crippen LogP contribution in [0.4, 0.5) is 5.95 Å². The fraction of sp³-hybridized carbons (Fsp3) is 0.571. The van der Waals surface area contributed by atoms with Gasteiger partial charge in [-0.05, 0) is 0 Å². The van der Waals surface area contributed by atoms with Gasteiger partial charge in [-0.25, -0.2) is 4.98 Å². The maximum absolute atomic E-state index is 12.1. The summed E-state index contributed by atoms with van der Waals surface area (Å²) in [6.07, 6.45) is 0.0443. The molecule has 2 aromatic heterocycles. The van der Waals surface area contributed by atoms with E-state index >= 15 is 0 Å². The van der Waals surface area contributed by atoms with Gasteiger partial charge in [0.05, 0.1) is 18.5 Å². The minimum atomic E-state index is -0.695. The van der Waals surface area contributed by atoms with E-state index in [4.69, 9.17) is 10.5 Å². The number of imidazole rings is 1. The number of nitrogens with zero attached hydrogens (tertiary/aromatic N) is 3. The summed E-state index contributed by atoms with van der Waals surface area (Å²) in [7, 11) is 0. The van der Waals surface area contributed by atoms with Crippen molar-refractivity contribution in [3.8, 4) is 0 Å². The molecule has 2 aromatic rings. The van der Waals surface area contributed by atoms with Crippen LogP contribution >= 0.6 is 0 Å². The van der Waals surface area contributed by atoms with Crippen molar-refractivity contribution in [3.63, 3.8) is 0 Å². The van der Waals surface area contributed by atoms with Gasteiger partial charge in [-0.2, -0.15) is 4.98 Å². The molecule has 3 atom stereocenters. The SMILES string of the molecule is CC(C)C(=O)Nc1nc2c(ncn2[C@H]2CC(O)[C@@H](CN)O2)c(=O)[nH]1. The second-order valence-electron chi connectivity index (χ2n) is 6.05. The van der Waals surface area contributed by atoms with Gasteiger partial charge in [0.25, 0.3) is 5.56 Å². The third kappa shape index (κ3) is 2.90. The zero-order valence-electron chi connectivity index (χ0n) is 13.4. The lowest BCUT2D eigenvalue weighted by molar-refractivity contribution is -0.118. The number of carbonyl (C=O) groups excluding carboxylic acids is 1. The number of anilines is 1. The number of fused-ring (bicyclic) bond motifs is 1. The molecule has 1 saturated heterocycles. The summed E-state index contributed by atoms with van der Waals surface area (Å²) in [4.78, 5) is 34.7. The largest absolute Gasteiger partial charge is 0.390 e. The van der Waals surface area contributed by atoms with Gasteiger partial charge in [0.2, 0.25) is 11.9 Å². The number of nitrogens with two attached hydrogens (primary N) is 1. The lowest BCUT2D eigenvalue weighted by Gasteiger charge is -2.14. The smallest absolute Gasteiger partial charge is 0.280 e. The van der Waals surface area contributed by atoms with Crippen molar-refractivity contribution in [3.05, 3.63) is 16.7 Å². The molecule has 24 heavy (non-hydrogen) atoms. The topological polar surface area (TPSA) is 148 Å². The van der Waals surface area contributed by atoms with Gasteiger partial charge in [0.15, 0.2) is 11.2 Å². The first-order chi connectivity index (χ1) is 11.4. The van der Waals surface area contributed by atoms with Gasteiger partial charge in [-0.1, -0.05) is 13.8 Å². The van der Waals surface area contributed by atoms with Crippen LogP contribution in [-0.4, -0.2) is 49.3 Å². The number of nitrogens with one attached hydrogen (secondary N) is 2. The number of rotatable bonds is 4. The van der Waals surface area contributed by atoms with Gasteiger partial charge in [-0.3, -0.25) is 24.5 Å². The minimum Gasteiger partial charge on any atom is -0.390 e. The highest BCUT2D eigenvalue weighted by atomic mass is 16.5. The maximum atomic E-state index is 12.1. The zero-order chi connectivity index (χ0) is 17.4. The molecule has 5 N–H and O–H groups in total. The van der Waals surface area contributed by atoms with Crippen molar-refractivity contribution in [1.29, 1.82) is 0 Å². The number of amides is 1. The monoisotopic (exact) mass is 336 g/mol. The van der Waals surface area contributed by atoms with Gasteiger partial charge in [0.1, 0.15) is 6.23 Å². The molecular weight excluding hydrogens is 316 g/mol. The summed E-state index contributed by atoms with van der Waals surface area (Å²) in [6.45, 7) is 3.65. The molecule has 0 spiro atoms. The highest BCUT2D eigenvalue weighted by Gasteiger charge is 2.35. The lowest BCUT2D eigenvalue weighted by Crippen LogP contribution is -2.29. The average molecular weight is 336 g/mol. The second-order valence-corrected chi connectivity index (χ2v) is 6.05. The average Bonchev–Trinajstić information content (AvgIpc) is 3.10. The Morgan fingerprint density at radius 2 is 2.38 bits per heavy atom. The fourth-order valence-corrected chi connectivity index (χ4v) is 2.56. The number of hydrogen-bond donors (Lipinski definition) is 4. The first kappa shape index (κ1) is 16.6. The third-order valence-electron chi connectivity index (χ3n) is 3.95. The zero-order valence-corrected chi connectivity index (χ0v) is 13.4. The second kappa shape index (κ2) is 6.30. The standard InChI is InChI=1S/C14H20N6O4/c1-6(2)12(22)18-14-17-11-10(13(23)19-14)16-5-20(11)9-3-7(21)8(4-15)24-9/h5-9,21H,3-4,15H2,1-2H3,(H2,17,18,19,22,23)/t7?,8-,9-/m1/s1. The summed E-state index contributed by atoms with van der Waals surface area (Å²) < 4.78 is 7.25. The highest BCUT2D eigenvalue weighted by Crippen LogP contribution is 2.30. The Balaban J connectivity index is 1.97. The molecular formula is C14H20N6O4. The lowest BCUT2D eigenvalue weighted by atomic mass is 10.2. The van der Waals surface area contributed by atoms with Gasteiger partial charge in [0, 0.05) is 18.9 Å². The van der Waals surface area contributed by atoms with Gasteiger partial charge < -0.3 is 15.6 Å². The molecule has 0 radical (unpaired) electrons. The Morgan fingerprint density at radius 1 is 1.62 bits per heavy atom. The molecule has 3 heterocycles. The van der Waals surface area contributed by atoms with Crippen molar-refractivity contribution in [1.82, 2.24) is 19.5 Å².